The molecule has 0 amide bonds. The van der Waals surface area contributed by atoms with Crippen molar-refractivity contribution in [2.24, 2.45) is 10.9 Å². The highest BCUT2D eigenvalue weighted by molar-refractivity contribution is 14.0. The summed E-state index contributed by atoms with van der Waals surface area (Å²) in [4.78, 5) is 8.50. The molecule has 2 N–H and O–H groups in total. The third-order valence-electron chi connectivity index (χ3n) is 3.98. The number of hydrogen-bond donors (Lipinski definition) is 2. The van der Waals surface area contributed by atoms with E-state index in [0.29, 0.717) is 0 Å². The lowest BCUT2D eigenvalue weighted by molar-refractivity contribution is 0.481. The quantitative estimate of drug-likeness (QED) is 0.279. The number of aliphatic imine (C=N–C) groups is 1. The van der Waals surface area contributed by atoms with Crippen molar-refractivity contribution in [3.8, 4) is 0 Å². The number of hydrogen-bond acceptors (Lipinski definition) is 2. The highest BCUT2D eigenvalue weighted by atomic mass is 127. The Hall–Kier alpha value is -0.790. The van der Waals surface area contributed by atoms with E-state index < -0.39 is 0 Å². The zero-order chi connectivity index (χ0) is 15.5. The van der Waals surface area contributed by atoms with E-state index >= 15 is 0 Å². The van der Waals surface area contributed by atoms with Gasteiger partial charge in [0.1, 0.15) is 5.82 Å². The third kappa shape index (κ3) is 8.00. The molecule has 0 unspecified atom stereocenters. The molecule has 0 aliphatic carbocycles. The standard InChI is InChI=1S/C16H31N5.HI/c1-5-15(6-2)13-20-16(17-4)19-9-7-8-11-21-12-10-18-14(21)3;/h10,12,15H,5-9,11,13H2,1-4H3,(H2,17,19,20);1H. The minimum absolute atomic E-state index is 0. The molecule has 0 radical (unpaired) electrons. The van der Waals surface area contributed by atoms with Gasteiger partial charge in [0.25, 0.3) is 0 Å². The van der Waals surface area contributed by atoms with Crippen molar-refractivity contribution in [3.05, 3.63) is 18.2 Å². The average molecular weight is 421 g/mol. The minimum atomic E-state index is 0. The Morgan fingerprint density at radius 1 is 1.27 bits per heavy atom. The van der Waals surface area contributed by atoms with Crippen molar-refractivity contribution in [2.75, 3.05) is 20.1 Å². The molecule has 0 saturated heterocycles. The monoisotopic (exact) mass is 421 g/mol. The van der Waals surface area contributed by atoms with Gasteiger partial charge in [-0.15, -0.1) is 24.0 Å². The lowest BCUT2D eigenvalue weighted by atomic mass is 10.0. The van der Waals surface area contributed by atoms with Gasteiger partial charge in [-0.1, -0.05) is 26.7 Å². The fourth-order valence-corrected chi connectivity index (χ4v) is 2.29. The fourth-order valence-electron chi connectivity index (χ4n) is 2.29. The molecule has 0 saturated carbocycles. The van der Waals surface area contributed by atoms with E-state index in [-0.39, 0.29) is 24.0 Å². The first-order valence-electron chi connectivity index (χ1n) is 8.13. The second kappa shape index (κ2) is 12.7. The first kappa shape index (κ1) is 21.2. The smallest absolute Gasteiger partial charge is 0.190 e. The Morgan fingerprint density at radius 2 is 2.00 bits per heavy atom. The van der Waals surface area contributed by atoms with Crippen LogP contribution in [0.15, 0.2) is 17.4 Å². The van der Waals surface area contributed by atoms with Gasteiger partial charge >= 0.3 is 0 Å². The SMILES string of the molecule is CCC(CC)CNC(=NC)NCCCCn1ccnc1C.I. The van der Waals surface area contributed by atoms with Crippen LogP contribution >= 0.6 is 24.0 Å². The number of aryl methyl sites for hydroxylation is 2. The zero-order valence-electron chi connectivity index (χ0n) is 14.4. The fraction of sp³-hybridized carbons (Fsp3) is 0.750. The van der Waals surface area contributed by atoms with E-state index in [2.05, 4.69) is 39.0 Å². The summed E-state index contributed by atoms with van der Waals surface area (Å²) >= 11 is 0. The van der Waals surface area contributed by atoms with Gasteiger partial charge in [0, 0.05) is 39.1 Å². The maximum absolute atomic E-state index is 4.27. The van der Waals surface area contributed by atoms with Crippen molar-refractivity contribution < 1.29 is 0 Å². The predicted octanol–water partition coefficient (Wildman–Crippen LogP) is 3.19. The van der Waals surface area contributed by atoms with Crippen LogP contribution in [-0.2, 0) is 6.54 Å². The molecule has 5 nitrogen and oxygen atoms in total. The molecule has 22 heavy (non-hydrogen) atoms. The van der Waals surface area contributed by atoms with Crippen molar-refractivity contribution in [1.29, 1.82) is 0 Å². The third-order valence-corrected chi connectivity index (χ3v) is 3.98. The lowest BCUT2D eigenvalue weighted by Gasteiger charge is -2.16. The van der Waals surface area contributed by atoms with Crippen LogP contribution in [0.4, 0.5) is 0 Å². The molecule has 1 rings (SSSR count). The number of halogens is 1. The molecule has 0 bridgehead atoms. The maximum Gasteiger partial charge on any atom is 0.190 e. The summed E-state index contributed by atoms with van der Waals surface area (Å²) in [6.07, 6.45) is 8.60. The van der Waals surface area contributed by atoms with E-state index in [4.69, 9.17) is 0 Å². The highest BCUT2D eigenvalue weighted by Crippen LogP contribution is 2.04. The number of aromatic nitrogens is 2. The van der Waals surface area contributed by atoms with Crippen LogP contribution in [0.2, 0.25) is 0 Å². The minimum Gasteiger partial charge on any atom is -0.356 e. The van der Waals surface area contributed by atoms with E-state index in [1.54, 1.807) is 0 Å². The van der Waals surface area contributed by atoms with Gasteiger partial charge in [0.15, 0.2) is 5.96 Å². The second-order valence-corrected chi connectivity index (χ2v) is 5.44. The Morgan fingerprint density at radius 3 is 2.55 bits per heavy atom. The van der Waals surface area contributed by atoms with Gasteiger partial charge < -0.3 is 15.2 Å². The summed E-state index contributed by atoms with van der Waals surface area (Å²) in [6, 6.07) is 0. The van der Waals surface area contributed by atoms with Crippen molar-refractivity contribution in [2.45, 2.75) is 53.0 Å². The normalized spacial score (nSPS) is 11.4. The first-order valence-corrected chi connectivity index (χ1v) is 8.13. The molecule has 128 valence electrons. The van der Waals surface area contributed by atoms with E-state index in [1.165, 1.54) is 12.8 Å². The summed E-state index contributed by atoms with van der Waals surface area (Å²) in [6.45, 7) is 9.51. The molecular formula is C16H32IN5. The molecule has 6 heteroatoms. The van der Waals surface area contributed by atoms with Crippen LogP contribution < -0.4 is 10.6 Å². The number of guanidine groups is 1. The summed E-state index contributed by atoms with van der Waals surface area (Å²) in [5, 5.41) is 6.79. The second-order valence-electron chi connectivity index (χ2n) is 5.44. The van der Waals surface area contributed by atoms with Crippen molar-refractivity contribution in [3.63, 3.8) is 0 Å². The Balaban J connectivity index is 0.00000441. The van der Waals surface area contributed by atoms with Gasteiger partial charge in [0.05, 0.1) is 0 Å². The first-order chi connectivity index (χ1) is 10.2. The topological polar surface area (TPSA) is 54.2 Å². The summed E-state index contributed by atoms with van der Waals surface area (Å²) in [7, 11) is 1.83. The Labute approximate surface area is 152 Å². The van der Waals surface area contributed by atoms with Crippen LogP contribution in [0.25, 0.3) is 0 Å². The van der Waals surface area contributed by atoms with Crippen molar-refractivity contribution in [1.82, 2.24) is 20.2 Å². The molecule has 0 atom stereocenters. The number of nitrogens with zero attached hydrogens (tertiary/aromatic N) is 3. The van der Waals surface area contributed by atoms with Gasteiger partial charge in [-0.3, -0.25) is 4.99 Å². The van der Waals surface area contributed by atoms with E-state index in [0.717, 1.165) is 50.2 Å². The molecule has 1 aromatic rings. The molecule has 0 aliphatic heterocycles. The lowest BCUT2D eigenvalue weighted by Crippen LogP contribution is -2.40. The van der Waals surface area contributed by atoms with E-state index in [9.17, 15) is 0 Å². The molecule has 0 aromatic carbocycles. The van der Waals surface area contributed by atoms with Crippen molar-refractivity contribution >= 4 is 29.9 Å². The van der Waals surface area contributed by atoms with Crippen LogP contribution in [0, 0.1) is 12.8 Å². The maximum atomic E-state index is 4.27. The molecule has 0 fully saturated rings. The van der Waals surface area contributed by atoms with Crippen LogP contribution in [0.3, 0.4) is 0 Å². The van der Waals surface area contributed by atoms with Gasteiger partial charge in [-0.2, -0.15) is 0 Å². The molecule has 1 aromatic heterocycles. The number of unbranched alkanes of at least 4 members (excludes halogenated alkanes) is 1. The Bertz CT molecular complexity index is 412. The molecular weight excluding hydrogens is 389 g/mol. The summed E-state index contributed by atoms with van der Waals surface area (Å²) in [5.41, 5.74) is 0. The largest absolute Gasteiger partial charge is 0.356 e. The average Bonchev–Trinajstić information content (AvgIpc) is 2.91. The van der Waals surface area contributed by atoms with Crippen LogP contribution in [-0.4, -0.2) is 35.6 Å². The Kier molecular flexibility index (Phi) is 12.3. The molecule has 1 heterocycles. The number of nitrogens with one attached hydrogen (secondary N) is 2. The highest BCUT2D eigenvalue weighted by Gasteiger charge is 2.04. The summed E-state index contributed by atoms with van der Waals surface area (Å²) < 4.78 is 2.19. The predicted molar refractivity (Wildman–Crippen MR) is 105 cm³/mol. The van der Waals surface area contributed by atoms with Gasteiger partial charge in [-0.05, 0) is 25.7 Å². The summed E-state index contributed by atoms with van der Waals surface area (Å²) in [5.74, 6) is 2.74. The molecule has 0 spiro atoms. The van der Waals surface area contributed by atoms with Gasteiger partial charge in [0.2, 0.25) is 0 Å². The number of imidazole rings is 1. The van der Waals surface area contributed by atoms with Crippen LogP contribution in [0.5, 0.6) is 0 Å². The number of rotatable bonds is 9. The molecule has 0 aliphatic rings. The zero-order valence-corrected chi connectivity index (χ0v) is 16.8. The van der Waals surface area contributed by atoms with Gasteiger partial charge in [-0.25, -0.2) is 4.98 Å². The van der Waals surface area contributed by atoms with E-state index in [1.807, 2.05) is 26.4 Å². The van der Waals surface area contributed by atoms with Crippen LogP contribution in [0.1, 0.15) is 45.4 Å².